The molecule has 1 aromatic carbocycles. The largest absolute Gasteiger partial charge is 0.393 e. The van der Waals surface area contributed by atoms with Gasteiger partial charge in [0.1, 0.15) is 5.82 Å². The van der Waals surface area contributed by atoms with Crippen LogP contribution < -0.4 is 10.6 Å². The van der Waals surface area contributed by atoms with Gasteiger partial charge in [-0.05, 0) is 87.9 Å². The number of benzene rings is 1. The number of Topliss-reactive ketones (excluding diaryl/α,β-unsaturated/α-hetero) is 1. The van der Waals surface area contributed by atoms with Crippen molar-refractivity contribution in [1.82, 2.24) is 14.9 Å². The molecule has 0 saturated heterocycles. The first kappa shape index (κ1) is 26.2. The molecular weight excluding hydrogens is 475 g/mol. The number of aliphatic hydroxyl groups is 1. The van der Waals surface area contributed by atoms with Gasteiger partial charge in [0.25, 0.3) is 17.6 Å². The third-order valence-electron chi connectivity index (χ3n) is 7.08. The van der Waals surface area contributed by atoms with Gasteiger partial charge in [-0.25, -0.2) is 4.39 Å². The third-order valence-corrected chi connectivity index (χ3v) is 7.08. The Balaban J connectivity index is 1.72. The van der Waals surface area contributed by atoms with Crippen LogP contribution in [0.15, 0.2) is 42.6 Å². The van der Waals surface area contributed by atoms with E-state index in [0.29, 0.717) is 53.9 Å². The third kappa shape index (κ3) is 5.32. The zero-order valence-electron chi connectivity index (χ0n) is 21.4. The summed E-state index contributed by atoms with van der Waals surface area (Å²) in [7, 11) is 1.62. The molecule has 0 aliphatic heterocycles. The lowest BCUT2D eigenvalue weighted by molar-refractivity contribution is -0.119. The number of aromatic nitrogens is 2. The van der Waals surface area contributed by atoms with Crippen LogP contribution in [0.3, 0.4) is 0 Å². The molecule has 3 N–H and O–H groups in total. The van der Waals surface area contributed by atoms with Gasteiger partial charge < -0.3 is 20.3 Å². The van der Waals surface area contributed by atoms with E-state index >= 15 is 0 Å². The van der Waals surface area contributed by atoms with Crippen LogP contribution >= 0.6 is 0 Å². The summed E-state index contributed by atoms with van der Waals surface area (Å²) in [6.45, 7) is 5.09. The number of ketones is 1. The lowest BCUT2D eigenvalue weighted by Gasteiger charge is -2.36. The summed E-state index contributed by atoms with van der Waals surface area (Å²) in [6, 6.07) is 9.47. The van der Waals surface area contributed by atoms with Gasteiger partial charge in [0.05, 0.1) is 28.7 Å². The summed E-state index contributed by atoms with van der Waals surface area (Å²) < 4.78 is 15.3. The van der Waals surface area contributed by atoms with Crippen LogP contribution in [-0.4, -0.2) is 43.9 Å². The highest BCUT2D eigenvalue weighted by molar-refractivity contribution is 6.43. The van der Waals surface area contributed by atoms with E-state index in [2.05, 4.69) is 15.6 Å². The number of carbonyl (C=O) groups is 3. The standard InChI is InChI=1S/C28H31FN4O4/c1-16-15-18(8-9-20(16)29)31-26(36)22-17(2)23(33(4)24(22)21-7-5-6-14-30-21)25(35)27(37)32-28(3)12-10-19(34)11-13-28/h5-9,14-15,19,34H,10-13H2,1-4H3,(H,31,36)(H,32,37)/t19-,28+. The average molecular weight is 507 g/mol. The van der Waals surface area contributed by atoms with Gasteiger partial charge in [0.15, 0.2) is 0 Å². The number of nitrogens with zero attached hydrogens (tertiary/aromatic N) is 2. The van der Waals surface area contributed by atoms with E-state index in [9.17, 15) is 23.9 Å². The van der Waals surface area contributed by atoms with Gasteiger partial charge in [-0.3, -0.25) is 19.4 Å². The summed E-state index contributed by atoms with van der Waals surface area (Å²) in [5.41, 5.74) is 1.64. The molecule has 4 rings (SSSR count). The molecule has 1 fully saturated rings. The smallest absolute Gasteiger partial charge is 0.294 e. The molecule has 0 spiro atoms. The zero-order valence-corrected chi connectivity index (χ0v) is 21.4. The summed E-state index contributed by atoms with van der Waals surface area (Å²) in [5, 5.41) is 15.5. The Hall–Kier alpha value is -3.85. The number of aliphatic hydroxyl groups excluding tert-OH is 1. The first-order valence-electron chi connectivity index (χ1n) is 12.2. The molecule has 1 aliphatic rings. The minimum absolute atomic E-state index is 0.0815. The van der Waals surface area contributed by atoms with Gasteiger partial charge in [0, 0.05) is 24.5 Å². The predicted octanol–water partition coefficient (Wildman–Crippen LogP) is 4.09. The van der Waals surface area contributed by atoms with Crippen molar-refractivity contribution in [3.8, 4) is 11.4 Å². The summed E-state index contributed by atoms with van der Waals surface area (Å²) in [6.07, 6.45) is 3.39. The summed E-state index contributed by atoms with van der Waals surface area (Å²) in [4.78, 5) is 44.4. The van der Waals surface area contributed by atoms with E-state index in [1.807, 2.05) is 6.92 Å². The highest BCUT2D eigenvalue weighted by atomic mass is 19.1. The van der Waals surface area contributed by atoms with Crippen molar-refractivity contribution in [2.24, 2.45) is 7.05 Å². The van der Waals surface area contributed by atoms with Gasteiger partial charge in [-0.1, -0.05) is 6.07 Å². The molecule has 2 heterocycles. The average Bonchev–Trinajstić information content (AvgIpc) is 3.13. The topological polar surface area (TPSA) is 113 Å². The van der Waals surface area contributed by atoms with Crippen LogP contribution in [-0.2, 0) is 11.8 Å². The Bertz CT molecular complexity index is 1360. The second-order valence-electron chi connectivity index (χ2n) is 9.96. The first-order chi connectivity index (χ1) is 17.5. The Kier molecular flexibility index (Phi) is 7.27. The van der Waals surface area contributed by atoms with E-state index in [-0.39, 0.29) is 17.1 Å². The molecule has 9 heteroatoms. The lowest BCUT2D eigenvalue weighted by Crippen LogP contribution is -2.51. The molecule has 0 unspecified atom stereocenters. The molecule has 8 nitrogen and oxygen atoms in total. The number of anilines is 1. The fourth-order valence-corrected chi connectivity index (χ4v) is 4.95. The summed E-state index contributed by atoms with van der Waals surface area (Å²) >= 11 is 0. The Labute approximate surface area is 214 Å². The highest BCUT2D eigenvalue weighted by Gasteiger charge is 2.36. The second-order valence-corrected chi connectivity index (χ2v) is 9.96. The fraction of sp³-hybridized carbons (Fsp3) is 0.357. The van der Waals surface area contributed by atoms with Gasteiger partial charge >= 0.3 is 0 Å². The molecular formula is C28H31FN4O4. The van der Waals surface area contributed by atoms with Crippen molar-refractivity contribution in [2.45, 2.75) is 58.1 Å². The van der Waals surface area contributed by atoms with Crippen molar-refractivity contribution >= 4 is 23.3 Å². The molecule has 0 radical (unpaired) electrons. The van der Waals surface area contributed by atoms with Crippen LogP contribution in [0.25, 0.3) is 11.4 Å². The van der Waals surface area contributed by atoms with E-state index in [0.717, 1.165) is 0 Å². The number of hydrogen-bond donors (Lipinski definition) is 3. The number of aryl methyl sites for hydroxylation is 1. The monoisotopic (exact) mass is 506 g/mol. The fourth-order valence-electron chi connectivity index (χ4n) is 4.95. The van der Waals surface area contributed by atoms with Crippen LogP contribution in [0.2, 0.25) is 0 Å². The number of carbonyl (C=O) groups excluding carboxylic acids is 3. The van der Waals surface area contributed by atoms with E-state index in [1.54, 1.807) is 45.3 Å². The number of amides is 2. The van der Waals surface area contributed by atoms with Crippen molar-refractivity contribution in [1.29, 1.82) is 0 Å². The molecule has 0 atom stereocenters. The molecule has 2 amide bonds. The minimum Gasteiger partial charge on any atom is -0.393 e. The molecule has 0 bridgehead atoms. The van der Waals surface area contributed by atoms with Crippen LogP contribution in [0.5, 0.6) is 0 Å². The lowest BCUT2D eigenvalue weighted by atomic mass is 9.82. The molecule has 37 heavy (non-hydrogen) atoms. The summed E-state index contributed by atoms with van der Waals surface area (Å²) in [5.74, 6) is -2.42. The predicted molar refractivity (Wildman–Crippen MR) is 138 cm³/mol. The number of halogens is 1. The van der Waals surface area contributed by atoms with Gasteiger partial charge in [-0.2, -0.15) is 0 Å². The van der Waals surface area contributed by atoms with E-state index < -0.39 is 29.2 Å². The van der Waals surface area contributed by atoms with Crippen molar-refractivity contribution in [3.63, 3.8) is 0 Å². The normalized spacial score (nSPS) is 19.4. The molecule has 1 saturated carbocycles. The van der Waals surface area contributed by atoms with Crippen molar-refractivity contribution in [2.75, 3.05) is 5.32 Å². The maximum absolute atomic E-state index is 13.7. The van der Waals surface area contributed by atoms with Crippen molar-refractivity contribution in [3.05, 3.63) is 70.8 Å². The first-order valence-corrected chi connectivity index (χ1v) is 12.2. The van der Waals surface area contributed by atoms with Gasteiger partial charge in [0.2, 0.25) is 0 Å². The van der Waals surface area contributed by atoms with Crippen LogP contribution in [0, 0.1) is 19.7 Å². The minimum atomic E-state index is -0.767. The molecule has 3 aromatic rings. The van der Waals surface area contributed by atoms with Gasteiger partial charge in [-0.15, -0.1) is 0 Å². The maximum atomic E-state index is 13.7. The number of pyridine rings is 1. The number of rotatable bonds is 6. The highest BCUT2D eigenvalue weighted by Crippen LogP contribution is 2.32. The van der Waals surface area contributed by atoms with E-state index in [1.165, 1.54) is 22.8 Å². The molecule has 1 aliphatic carbocycles. The zero-order chi connectivity index (χ0) is 26.9. The quantitative estimate of drug-likeness (QED) is 0.344. The Morgan fingerprint density at radius 3 is 2.46 bits per heavy atom. The van der Waals surface area contributed by atoms with Crippen LogP contribution in [0.4, 0.5) is 10.1 Å². The molecule has 194 valence electrons. The van der Waals surface area contributed by atoms with Crippen LogP contribution in [0.1, 0.15) is 64.6 Å². The maximum Gasteiger partial charge on any atom is 0.294 e. The SMILES string of the molecule is Cc1cc(NC(=O)c2c(C)c(C(=O)C(=O)N[C@]3(C)CC[C@H](O)CC3)n(C)c2-c2ccccn2)ccc1F. The Morgan fingerprint density at radius 2 is 1.84 bits per heavy atom. The Morgan fingerprint density at radius 1 is 1.14 bits per heavy atom. The number of nitrogens with one attached hydrogen (secondary N) is 2. The molecule has 2 aromatic heterocycles. The second kappa shape index (κ2) is 10.3. The van der Waals surface area contributed by atoms with Crippen molar-refractivity contribution < 1.29 is 23.9 Å². The number of hydrogen-bond acceptors (Lipinski definition) is 5. The van der Waals surface area contributed by atoms with E-state index in [4.69, 9.17) is 0 Å².